The van der Waals surface area contributed by atoms with Crippen LogP contribution in [0.5, 0.6) is 0 Å². The largest absolute Gasteiger partial charge is 0.346 e. The molecule has 0 aliphatic carbocycles. The number of carbonyl (C=O) groups excluding carboxylic acids is 1. The first kappa shape index (κ1) is 16.5. The van der Waals surface area contributed by atoms with E-state index in [1.54, 1.807) is 12.1 Å². The van der Waals surface area contributed by atoms with Crippen LogP contribution in [0, 0.1) is 0 Å². The minimum absolute atomic E-state index is 0.181. The fourth-order valence-electron chi connectivity index (χ4n) is 1.97. The highest BCUT2D eigenvalue weighted by Gasteiger charge is 2.13. The summed E-state index contributed by atoms with van der Waals surface area (Å²) < 4.78 is 22.8. The Bertz CT molecular complexity index is 768. The SMILES string of the molecule is C[C@@H](NC(=O)c1ccc(S(C)(=O)=O)cc1)c1ccc(Cl)cc1. The number of amides is 1. The minimum atomic E-state index is -3.26. The van der Waals surface area contributed by atoms with E-state index in [1.807, 2.05) is 19.1 Å². The van der Waals surface area contributed by atoms with Crippen molar-refractivity contribution in [2.75, 3.05) is 6.26 Å². The number of hydrogen-bond acceptors (Lipinski definition) is 3. The number of carbonyl (C=O) groups is 1. The second kappa shape index (κ2) is 6.50. The number of benzene rings is 2. The van der Waals surface area contributed by atoms with Gasteiger partial charge in [-0.15, -0.1) is 0 Å². The van der Waals surface area contributed by atoms with Crippen LogP contribution in [0.1, 0.15) is 28.9 Å². The molecule has 22 heavy (non-hydrogen) atoms. The maximum atomic E-state index is 12.2. The van der Waals surface area contributed by atoms with E-state index in [1.165, 1.54) is 24.3 Å². The van der Waals surface area contributed by atoms with Crippen LogP contribution in [-0.2, 0) is 9.84 Å². The van der Waals surface area contributed by atoms with Gasteiger partial charge in [-0.25, -0.2) is 8.42 Å². The van der Waals surface area contributed by atoms with Crippen molar-refractivity contribution in [2.45, 2.75) is 17.9 Å². The summed E-state index contributed by atoms with van der Waals surface area (Å²) in [5.41, 5.74) is 1.35. The number of hydrogen-bond donors (Lipinski definition) is 1. The van der Waals surface area contributed by atoms with E-state index in [2.05, 4.69) is 5.32 Å². The van der Waals surface area contributed by atoms with Crippen LogP contribution in [0.25, 0.3) is 0 Å². The van der Waals surface area contributed by atoms with Gasteiger partial charge < -0.3 is 5.32 Å². The molecule has 1 amide bonds. The van der Waals surface area contributed by atoms with Crippen molar-refractivity contribution < 1.29 is 13.2 Å². The molecular formula is C16H16ClNO3S. The van der Waals surface area contributed by atoms with Crippen LogP contribution < -0.4 is 5.32 Å². The predicted octanol–water partition coefficient (Wildman–Crippen LogP) is 3.23. The first-order valence-electron chi connectivity index (χ1n) is 6.64. The maximum Gasteiger partial charge on any atom is 0.251 e. The van der Waals surface area contributed by atoms with Gasteiger partial charge in [0.2, 0.25) is 0 Å². The summed E-state index contributed by atoms with van der Waals surface area (Å²) in [6.45, 7) is 1.87. The third kappa shape index (κ3) is 4.08. The second-order valence-corrected chi connectivity index (χ2v) is 7.50. The molecule has 2 rings (SSSR count). The molecule has 1 atom stereocenters. The molecule has 2 aromatic carbocycles. The summed E-state index contributed by atoms with van der Waals surface area (Å²) in [7, 11) is -3.26. The molecule has 0 aliphatic heterocycles. The Morgan fingerprint density at radius 2 is 1.59 bits per heavy atom. The fourth-order valence-corrected chi connectivity index (χ4v) is 2.72. The summed E-state index contributed by atoms with van der Waals surface area (Å²) in [6.07, 6.45) is 1.13. The normalized spacial score (nSPS) is 12.7. The van der Waals surface area contributed by atoms with Crippen molar-refractivity contribution in [1.82, 2.24) is 5.32 Å². The molecule has 0 aliphatic rings. The Kier molecular flexibility index (Phi) is 4.88. The average Bonchev–Trinajstić information content (AvgIpc) is 2.47. The molecule has 0 aromatic heterocycles. The van der Waals surface area contributed by atoms with Crippen LogP contribution in [0.15, 0.2) is 53.4 Å². The minimum Gasteiger partial charge on any atom is -0.346 e. The second-order valence-electron chi connectivity index (χ2n) is 5.04. The van der Waals surface area contributed by atoms with Gasteiger partial charge in [-0.1, -0.05) is 23.7 Å². The van der Waals surface area contributed by atoms with Crippen molar-refractivity contribution in [3.05, 3.63) is 64.7 Å². The van der Waals surface area contributed by atoms with Crippen molar-refractivity contribution >= 4 is 27.3 Å². The van der Waals surface area contributed by atoms with Crippen LogP contribution in [-0.4, -0.2) is 20.6 Å². The van der Waals surface area contributed by atoms with Gasteiger partial charge in [-0.3, -0.25) is 4.79 Å². The zero-order valence-electron chi connectivity index (χ0n) is 12.2. The van der Waals surface area contributed by atoms with Crippen LogP contribution in [0.2, 0.25) is 5.02 Å². The molecule has 0 unspecified atom stereocenters. The van der Waals surface area contributed by atoms with Crippen molar-refractivity contribution in [3.63, 3.8) is 0 Å². The van der Waals surface area contributed by atoms with E-state index in [-0.39, 0.29) is 16.8 Å². The van der Waals surface area contributed by atoms with E-state index < -0.39 is 9.84 Å². The number of sulfone groups is 1. The lowest BCUT2D eigenvalue weighted by molar-refractivity contribution is 0.0940. The van der Waals surface area contributed by atoms with E-state index in [0.29, 0.717) is 10.6 Å². The van der Waals surface area contributed by atoms with Crippen molar-refractivity contribution in [3.8, 4) is 0 Å². The molecule has 0 bridgehead atoms. The van der Waals surface area contributed by atoms with Gasteiger partial charge in [0.1, 0.15) is 0 Å². The van der Waals surface area contributed by atoms with Crippen molar-refractivity contribution in [1.29, 1.82) is 0 Å². The summed E-state index contributed by atoms with van der Waals surface area (Å²) in [6, 6.07) is 12.9. The average molecular weight is 338 g/mol. The lowest BCUT2D eigenvalue weighted by atomic mass is 10.1. The highest BCUT2D eigenvalue weighted by Crippen LogP contribution is 2.17. The lowest BCUT2D eigenvalue weighted by Gasteiger charge is -2.14. The molecule has 4 nitrogen and oxygen atoms in total. The summed E-state index contributed by atoms with van der Waals surface area (Å²) in [5.74, 6) is -0.262. The van der Waals surface area contributed by atoms with Crippen molar-refractivity contribution in [2.24, 2.45) is 0 Å². The van der Waals surface area contributed by atoms with E-state index in [9.17, 15) is 13.2 Å². The third-order valence-electron chi connectivity index (χ3n) is 3.26. The molecule has 0 fully saturated rings. The maximum absolute atomic E-state index is 12.2. The third-order valence-corrected chi connectivity index (χ3v) is 4.64. The summed E-state index contributed by atoms with van der Waals surface area (Å²) >= 11 is 5.83. The first-order valence-corrected chi connectivity index (χ1v) is 8.91. The van der Waals surface area contributed by atoms with Gasteiger partial charge in [-0.05, 0) is 48.9 Å². The first-order chi connectivity index (χ1) is 10.3. The summed E-state index contributed by atoms with van der Waals surface area (Å²) in [4.78, 5) is 12.4. The zero-order valence-corrected chi connectivity index (χ0v) is 13.8. The van der Waals surface area contributed by atoms with Gasteiger partial charge in [-0.2, -0.15) is 0 Å². The number of nitrogens with one attached hydrogen (secondary N) is 1. The zero-order chi connectivity index (χ0) is 16.3. The number of rotatable bonds is 4. The lowest BCUT2D eigenvalue weighted by Crippen LogP contribution is -2.26. The monoisotopic (exact) mass is 337 g/mol. The fraction of sp³-hybridized carbons (Fsp3) is 0.188. The molecule has 2 aromatic rings. The van der Waals surface area contributed by atoms with Gasteiger partial charge in [0.05, 0.1) is 10.9 Å². The topological polar surface area (TPSA) is 63.2 Å². The predicted molar refractivity (Wildman–Crippen MR) is 86.9 cm³/mol. The molecule has 0 spiro atoms. The molecule has 0 saturated heterocycles. The molecule has 0 radical (unpaired) electrons. The Labute approximate surface area is 135 Å². The molecule has 0 saturated carbocycles. The Morgan fingerprint density at radius 1 is 1.05 bits per heavy atom. The Morgan fingerprint density at radius 3 is 2.09 bits per heavy atom. The van der Waals surface area contributed by atoms with E-state index in [0.717, 1.165) is 11.8 Å². The molecule has 6 heteroatoms. The van der Waals surface area contributed by atoms with Gasteiger partial charge in [0.15, 0.2) is 9.84 Å². The highest BCUT2D eigenvalue weighted by atomic mass is 35.5. The quantitative estimate of drug-likeness (QED) is 0.931. The highest BCUT2D eigenvalue weighted by molar-refractivity contribution is 7.90. The van der Waals surface area contributed by atoms with E-state index in [4.69, 9.17) is 11.6 Å². The van der Waals surface area contributed by atoms with Crippen LogP contribution in [0.4, 0.5) is 0 Å². The Hall–Kier alpha value is -1.85. The van der Waals surface area contributed by atoms with Gasteiger partial charge >= 0.3 is 0 Å². The number of halogens is 1. The van der Waals surface area contributed by atoms with Crippen LogP contribution in [0.3, 0.4) is 0 Å². The molecule has 1 N–H and O–H groups in total. The molecular weight excluding hydrogens is 322 g/mol. The molecule has 0 heterocycles. The summed E-state index contributed by atoms with van der Waals surface area (Å²) in [5, 5.41) is 3.50. The molecule has 116 valence electrons. The standard InChI is InChI=1S/C16H16ClNO3S/c1-11(12-3-7-14(17)8-4-12)18-16(19)13-5-9-15(10-6-13)22(2,20)21/h3-11H,1-2H3,(H,18,19)/t11-/m1/s1. The Balaban J connectivity index is 2.10. The van der Waals surface area contributed by atoms with Crippen LogP contribution >= 0.6 is 11.6 Å². The smallest absolute Gasteiger partial charge is 0.251 e. The van der Waals surface area contributed by atoms with Gasteiger partial charge in [0.25, 0.3) is 5.91 Å². The van der Waals surface area contributed by atoms with E-state index >= 15 is 0 Å². The van der Waals surface area contributed by atoms with Gasteiger partial charge in [0, 0.05) is 16.8 Å².